The molecule has 3 aromatic rings. The lowest BCUT2D eigenvalue weighted by Crippen LogP contribution is -2.50. The highest BCUT2D eigenvalue weighted by molar-refractivity contribution is 7.99. The van der Waals surface area contributed by atoms with Crippen LogP contribution in [0.5, 0.6) is 11.5 Å². The van der Waals surface area contributed by atoms with Crippen molar-refractivity contribution in [1.82, 2.24) is 20.1 Å². The maximum atomic E-state index is 13.9. The molecule has 0 radical (unpaired) electrons. The lowest BCUT2D eigenvalue weighted by molar-refractivity contribution is -0.127. The number of anilines is 1. The minimum atomic E-state index is -0.810. The Hall–Kier alpha value is -3.86. The lowest BCUT2D eigenvalue weighted by Gasteiger charge is -2.33. The van der Waals surface area contributed by atoms with Gasteiger partial charge in [0.15, 0.2) is 28.7 Å². The van der Waals surface area contributed by atoms with Gasteiger partial charge < -0.3 is 19.7 Å². The fourth-order valence-corrected chi connectivity index (χ4v) is 4.36. The molecule has 1 N–H and O–H groups in total. The largest absolute Gasteiger partial charge is 0.483 e. The summed E-state index contributed by atoms with van der Waals surface area (Å²) in [7, 11) is 1.52. The fraction of sp³-hybridized carbons (Fsp3) is 0.250. The van der Waals surface area contributed by atoms with Crippen LogP contribution < -0.4 is 19.7 Å². The maximum Gasteiger partial charge on any atom is 0.262 e. The molecule has 1 unspecified atom stereocenters. The predicted molar refractivity (Wildman–Crippen MR) is 129 cm³/mol. The molecule has 2 amide bonds. The number of para-hydroxylation sites is 3. The Labute approximate surface area is 205 Å². The van der Waals surface area contributed by atoms with Crippen molar-refractivity contribution >= 4 is 29.3 Å². The van der Waals surface area contributed by atoms with Gasteiger partial charge in [0.25, 0.3) is 5.91 Å². The highest BCUT2D eigenvalue weighted by Crippen LogP contribution is 2.34. The van der Waals surface area contributed by atoms with E-state index in [0.717, 1.165) is 0 Å². The van der Waals surface area contributed by atoms with Gasteiger partial charge >= 0.3 is 0 Å². The van der Waals surface area contributed by atoms with Gasteiger partial charge in [0, 0.05) is 13.6 Å². The summed E-state index contributed by atoms with van der Waals surface area (Å²) in [5.41, 5.74) is 0.602. The summed E-state index contributed by atoms with van der Waals surface area (Å²) in [4.78, 5) is 26.9. The number of amides is 2. The highest BCUT2D eigenvalue weighted by Gasteiger charge is 2.33. The molecule has 0 aliphatic carbocycles. The number of aromatic nitrogens is 3. The van der Waals surface area contributed by atoms with Crippen LogP contribution >= 0.6 is 11.8 Å². The van der Waals surface area contributed by atoms with Crippen LogP contribution in [0.1, 0.15) is 5.82 Å². The van der Waals surface area contributed by atoms with E-state index >= 15 is 0 Å². The number of carbonyl (C=O) groups excluding carboxylic acids is 2. The first-order chi connectivity index (χ1) is 17.0. The number of benzene rings is 2. The van der Waals surface area contributed by atoms with Crippen molar-refractivity contribution in [2.45, 2.75) is 24.4 Å². The first-order valence-electron chi connectivity index (χ1n) is 10.8. The van der Waals surface area contributed by atoms with Crippen molar-refractivity contribution in [3.8, 4) is 11.5 Å². The summed E-state index contributed by atoms with van der Waals surface area (Å²) in [6.07, 6.45) is 0.865. The van der Waals surface area contributed by atoms with E-state index in [2.05, 4.69) is 22.1 Å². The zero-order valence-electron chi connectivity index (χ0n) is 19.0. The smallest absolute Gasteiger partial charge is 0.262 e. The third kappa shape index (κ3) is 5.46. The van der Waals surface area contributed by atoms with Crippen molar-refractivity contribution < 1.29 is 23.5 Å². The van der Waals surface area contributed by atoms with Crippen LogP contribution in [0.3, 0.4) is 0 Å². The molecule has 2 aromatic carbocycles. The SMILES string of the molecule is C=CCn1c(COc2ccccc2F)nnc1SCC(=O)N1CC(C(=O)NC)Oc2ccccc21. The number of hydrogen-bond donors (Lipinski definition) is 1. The number of rotatable bonds is 9. The molecular weight excluding hydrogens is 473 g/mol. The molecule has 11 heteroatoms. The van der Waals surface area contributed by atoms with Crippen LogP contribution in [0.2, 0.25) is 0 Å². The Bertz CT molecular complexity index is 1230. The maximum absolute atomic E-state index is 13.9. The van der Waals surface area contributed by atoms with E-state index in [-0.39, 0.29) is 36.5 Å². The number of likely N-dealkylation sites (N-methyl/N-ethyl adjacent to an activating group) is 1. The van der Waals surface area contributed by atoms with Gasteiger partial charge in [-0.15, -0.1) is 16.8 Å². The Morgan fingerprint density at radius 3 is 2.80 bits per heavy atom. The summed E-state index contributed by atoms with van der Waals surface area (Å²) in [6.45, 7) is 4.25. The monoisotopic (exact) mass is 497 g/mol. The van der Waals surface area contributed by atoms with Crippen LogP contribution in [0.4, 0.5) is 10.1 Å². The Morgan fingerprint density at radius 2 is 2.03 bits per heavy atom. The second-order valence-electron chi connectivity index (χ2n) is 7.50. The number of allylic oxidation sites excluding steroid dienone is 1. The van der Waals surface area contributed by atoms with Gasteiger partial charge in [-0.25, -0.2) is 4.39 Å². The van der Waals surface area contributed by atoms with E-state index in [1.807, 2.05) is 0 Å². The summed E-state index contributed by atoms with van der Waals surface area (Å²) in [5.74, 6) is 0.114. The second-order valence-corrected chi connectivity index (χ2v) is 8.44. The number of carbonyl (C=O) groups is 2. The zero-order valence-corrected chi connectivity index (χ0v) is 19.8. The molecule has 0 bridgehead atoms. The first-order valence-corrected chi connectivity index (χ1v) is 11.8. The molecule has 182 valence electrons. The molecule has 0 fully saturated rings. The van der Waals surface area contributed by atoms with Gasteiger partial charge in [-0.05, 0) is 24.3 Å². The van der Waals surface area contributed by atoms with Crippen LogP contribution in [0, 0.1) is 5.82 Å². The fourth-order valence-electron chi connectivity index (χ4n) is 3.52. The third-order valence-electron chi connectivity index (χ3n) is 5.24. The normalized spacial score (nSPS) is 14.6. The summed E-state index contributed by atoms with van der Waals surface area (Å²) in [5, 5.41) is 11.4. The standard InChI is InChI=1S/C24H24FN5O4S/c1-3-12-29-21(14-33-18-10-6-4-8-16(18)25)27-28-24(29)35-15-22(31)30-13-20(23(32)26-2)34-19-11-7-5-9-17(19)30/h3-11,20H,1,12-15H2,2H3,(H,26,32). The highest BCUT2D eigenvalue weighted by atomic mass is 32.2. The third-order valence-corrected chi connectivity index (χ3v) is 6.19. The molecule has 1 aliphatic rings. The Balaban J connectivity index is 1.47. The number of fused-ring (bicyclic) bond motifs is 1. The number of thioether (sulfide) groups is 1. The average molecular weight is 498 g/mol. The number of nitrogens with one attached hydrogen (secondary N) is 1. The predicted octanol–water partition coefficient (Wildman–Crippen LogP) is 2.81. The quantitative estimate of drug-likeness (QED) is 0.359. The van der Waals surface area contributed by atoms with Crippen molar-refractivity contribution in [1.29, 1.82) is 0 Å². The van der Waals surface area contributed by atoms with E-state index in [1.54, 1.807) is 51.9 Å². The van der Waals surface area contributed by atoms with Gasteiger partial charge in [-0.1, -0.05) is 42.1 Å². The molecule has 1 aromatic heterocycles. The lowest BCUT2D eigenvalue weighted by atomic mass is 10.2. The molecule has 0 saturated heterocycles. The zero-order chi connectivity index (χ0) is 24.8. The van der Waals surface area contributed by atoms with E-state index in [4.69, 9.17) is 9.47 Å². The van der Waals surface area contributed by atoms with Crippen LogP contribution in [-0.4, -0.2) is 52.0 Å². The molecule has 9 nitrogen and oxygen atoms in total. The second kappa shape index (κ2) is 11.0. The van der Waals surface area contributed by atoms with Crippen LogP contribution in [-0.2, 0) is 22.7 Å². The van der Waals surface area contributed by atoms with Crippen LogP contribution in [0.25, 0.3) is 0 Å². The van der Waals surface area contributed by atoms with E-state index in [0.29, 0.717) is 29.0 Å². The first kappa shape index (κ1) is 24.3. The molecule has 35 heavy (non-hydrogen) atoms. The molecule has 0 spiro atoms. The van der Waals surface area contributed by atoms with Crippen LogP contribution in [0.15, 0.2) is 66.3 Å². The van der Waals surface area contributed by atoms with Gasteiger partial charge in [-0.2, -0.15) is 0 Å². The number of ether oxygens (including phenoxy) is 2. The molecule has 2 heterocycles. The van der Waals surface area contributed by atoms with E-state index in [1.165, 1.54) is 30.9 Å². The Kier molecular flexibility index (Phi) is 7.66. The number of hydrogen-bond acceptors (Lipinski definition) is 7. The van der Waals surface area contributed by atoms with Gasteiger partial charge in [0.2, 0.25) is 5.91 Å². The minimum absolute atomic E-state index is 0.000921. The minimum Gasteiger partial charge on any atom is -0.483 e. The summed E-state index contributed by atoms with van der Waals surface area (Å²) < 4.78 is 27.0. The molecule has 4 rings (SSSR count). The summed E-state index contributed by atoms with van der Waals surface area (Å²) in [6, 6.07) is 13.2. The van der Waals surface area contributed by atoms with Crippen molar-refractivity contribution in [3.05, 3.63) is 72.8 Å². The van der Waals surface area contributed by atoms with E-state index < -0.39 is 11.9 Å². The molecule has 0 saturated carbocycles. The summed E-state index contributed by atoms with van der Waals surface area (Å²) >= 11 is 1.20. The van der Waals surface area contributed by atoms with Crippen molar-refractivity contribution in [3.63, 3.8) is 0 Å². The number of nitrogens with zero attached hydrogens (tertiary/aromatic N) is 4. The number of halogens is 1. The van der Waals surface area contributed by atoms with Gasteiger partial charge in [-0.3, -0.25) is 14.2 Å². The van der Waals surface area contributed by atoms with Crippen molar-refractivity contribution in [2.24, 2.45) is 0 Å². The molecule has 1 aliphatic heterocycles. The van der Waals surface area contributed by atoms with Gasteiger partial charge in [0.05, 0.1) is 18.0 Å². The Morgan fingerprint density at radius 1 is 1.26 bits per heavy atom. The van der Waals surface area contributed by atoms with Crippen molar-refractivity contribution in [2.75, 3.05) is 24.2 Å². The topological polar surface area (TPSA) is 98.6 Å². The molecular formula is C24H24FN5O4S. The molecule has 1 atom stereocenters. The van der Waals surface area contributed by atoms with Gasteiger partial charge in [0.1, 0.15) is 12.4 Å². The average Bonchev–Trinajstić information content (AvgIpc) is 3.27. The van der Waals surface area contributed by atoms with E-state index in [9.17, 15) is 14.0 Å².